The lowest BCUT2D eigenvalue weighted by Crippen LogP contribution is -2.07. The van der Waals surface area contributed by atoms with Gasteiger partial charge in [-0.25, -0.2) is 4.98 Å². The van der Waals surface area contributed by atoms with Crippen molar-refractivity contribution in [2.45, 2.75) is 0 Å². The zero-order chi connectivity index (χ0) is 16.9. The minimum atomic E-state index is -0.261. The molecular weight excluding hydrogens is 392 g/mol. The van der Waals surface area contributed by atoms with E-state index in [-0.39, 0.29) is 5.91 Å². The molecule has 0 unspecified atom stereocenters. The molecule has 0 aliphatic carbocycles. The summed E-state index contributed by atoms with van der Waals surface area (Å²) in [6.07, 6.45) is 4.56. The van der Waals surface area contributed by atoms with Gasteiger partial charge in [0.05, 0.1) is 23.5 Å². The van der Waals surface area contributed by atoms with Crippen LogP contribution in [0, 0.1) is 0 Å². The van der Waals surface area contributed by atoms with Gasteiger partial charge in [0, 0.05) is 17.0 Å². The van der Waals surface area contributed by atoms with E-state index in [1.54, 1.807) is 31.6 Å². The van der Waals surface area contributed by atoms with Crippen molar-refractivity contribution >= 4 is 44.4 Å². The molecule has 1 amide bonds. The number of benzene rings is 1. The quantitative estimate of drug-likeness (QED) is 0.618. The SMILES string of the molecule is COc1ccc(-c2csc(NC(=O)/C=C\c3ccco3)n2)cc1Br. The number of methoxy groups -OCH3 is 1. The molecule has 0 fully saturated rings. The molecule has 0 bridgehead atoms. The molecule has 5 nitrogen and oxygen atoms in total. The van der Waals surface area contributed by atoms with Crippen LogP contribution in [0.1, 0.15) is 5.76 Å². The Morgan fingerprint density at radius 1 is 1.42 bits per heavy atom. The summed E-state index contributed by atoms with van der Waals surface area (Å²) in [5.74, 6) is 1.11. The monoisotopic (exact) mass is 404 g/mol. The molecule has 0 spiro atoms. The van der Waals surface area contributed by atoms with Crippen LogP contribution in [0.25, 0.3) is 17.3 Å². The van der Waals surface area contributed by atoms with Gasteiger partial charge in [-0.15, -0.1) is 11.3 Å². The number of halogens is 1. The highest BCUT2D eigenvalue weighted by molar-refractivity contribution is 9.10. The van der Waals surface area contributed by atoms with E-state index in [0.717, 1.165) is 21.5 Å². The van der Waals surface area contributed by atoms with Crippen LogP contribution < -0.4 is 10.1 Å². The Hall–Kier alpha value is -2.38. The van der Waals surface area contributed by atoms with Crippen molar-refractivity contribution in [2.75, 3.05) is 12.4 Å². The van der Waals surface area contributed by atoms with Crippen LogP contribution >= 0.6 is 27.3 Å². The molecule has 3 rings (SSSR count). The van der Waals surface area contributed by atoms with Gasteiger partial charge in [-0.2, -0.15) is 0 Å². The maximum Gasteiger partial charge on any atom is 0.250 e. The van der Waals surface area contributed by atoms with Crippen molar-refractivity contribution in [1.82, 2.24) is 4.98 Å². The van der Waals surface area contributed by atoms with Gasteiger partial charge in [-0.05, 0) is 52.3 Å². The first-order chi connectivity index (χ1) is 11.7. The lowest BCUT2D eigenvalue weighted by atomic mass is 10.2. The minimum absolute atomic E-state index is 0.261. The van der Waals surface area contributed by atoms with E-state index in [1.165, 1.54) is 17.4 Å². The first-order valence-corrected chi connectivity index (χ1v) is 8.65. The van der Waals surface area contributed by atoms with E-state index in [2.05, 4.69) is 26.2 Å². The highest BCUT2D eigenvalue weighted by atomic mass is 79.9. The Morgan fingerprint density at radius 3 is 3.00 bits per heavy atom. The highest BCUT2D eigenvalue weighted by Gasteiger charge is 2.09. The Kier molecular flexibility index (Phi) is 5.12. The number of nitrogens with one attached hydrogen (secondary N) is 1. The molecule has 1 aromatic carbocycles. The second kappa shape index (κ2) is 7.46. The van der Waals surface area contributed by atoms with Crippen LogP contribution in [0.2, 0.25) is 0 Å². The van der Waals surface area contributed by atoms with Crippen LogP contribution in [-0.4, -0.2) is 18.0 Å². The Balaban J connectivity index is 1.69. The smallest absolute Gasteiger partial charge is 0.250 e. The molecule has 0 saturated heterocycles. The van der Waals surface area contributed by atoms with E-state index in [1.807, 2.05) is 23.6 Å². The predicted molar refractivity (Wildman–Crippen MR) is 98.2 cm³/mol. The summed E-state index contributed by atoms with van der Waals surface area (Å²) >= 11 is 4.82. The van der Waals surface area contributed by atoms with E-state index >= 15 is 0 Å². The van der Waals surface area contributed by atoms with Gasteiger partial charge in [0.2, 0.25) is 5.91 Å². The third kappa shape index (κ3) is 3.93. The standard InChI is InChI=1S/C17H13BrN2O3S/c1-22-15-6-4-11(9-13(15)18)14-10-24-17(19-14)20-16(21)7-5-12-3-2-8-23-12/h2-10H,1H3,(H,19,20,21)/b7-5-. The zero-order valence-electron chi connectivity index (χ0n) is 12.7. The molecule has 0 aliphatic heterocycles. The van der Waals surface area contributed by atoms with Crippen molar-refractivity contribution in [3.8, 4) is 17.0 Å². The lowest BCUT2D eigenvalue weighted by Gasteiger charge is -2.04. The van der Waals surface area contributed by atoms with E-state index in [0.29, 0.717) is 10.9 Å². The molecule has 0 radical (unpaired) electrons. The van der Waals surface area contributed by atoms with Gasteiger partial charge < -0.3 is 9.15 Å². The number of carbonyl (C=O) groups excluding carboxylic acids is 1. The van der Waals surface area contributed by atoms with Gasteiger partial charge in [0.1, 0.15) is 11.5 Å². The van der Waals surface area contributed by atoms with Crippen molar-refractivity contribution in [3.63, 3.8) is 0 Å². The second-order valence-corrected chi connectivity index (χ2v) is 6.44. The maximum absolute atomic E-state index is 11.9. The molecular formula is C17H13BrN2O3S. The number of ether oxygens (including phenoxy) is 1. The lowest BCUT2D eigenvalue weighted by molar-refractivity contribution is -0.111. The number of carbonyl (C=O) groups is 1. The molecule has 122 valence electrons. The summed E-state index contributed by atoms with van der Waals surface area (Å²) in [5, 5.41) is 5.16. The number of hydrogen-bond acceptors (Lipinski definition) is 5. The largest absolute Gasteiger partial charge is 0.496 e. The Morgan fingerprint density at radius 2 is 2.29 bits per heavy atom. The van der Waals surface area contributed by atoms with Crippen molar-refractivity contribution < 1.29 is 13.9 Å². The fraction of sp³-hybridized carbons (Fsp3) is 0.0588. The predicted octanol–water partition coefficient (Wildman–Crippen LogP) is 4.83. The summed E-state index contributed by atoms with van der Waals surface area (Å²) in [4.78, 5) is 16.3. The van der Waals surface area contributed by atoms with Crippen LogP contribution in [0.5, 0.6) is 5.75 Å². The Bertz CT molecular complexity index is 872. The van der Waals surface area contributed by atoms with Crippen LogP contribution in [0.4, 0.5) is 5.13 Å². The van der Waals surface area contributed by atoms with Gasteiger partial charge >= 0.3 is 0 Å². The molecule has 2 aromatic heterocycles. The minimum Gasteiger partial charge on any atom is -0.496 e. The van der Waals surface area contributed by atoms with Crippen molar-refractivity contribution in [2.24, 2.45) is 0 Å². The average molecular weight is 405 g/mol. The van der Waals surface area contributed by atoms with Gasteiger partial charge in [0.15, 0.2) is 5.13 Å². The number of aromatic nitrogens is 1. The second-order valence-electron chi connectivity index (χ2n) is 4.73. The third-order valence-electron chi connectivity index (χ3n) is 3.12. The summed E-state index contributed by atoms with van der Waals surface area (Å²) in [6.45, 7) is 0. The number of anilines is 1. The first kappa shape index (κ1) is 16.5. The summed E-state index contributed by atoms with van der Waals surface area (Å²) in [5.41, 5.74) is 1.72. The van der Waals surface area contributed by atoms with E-state index in [4.69, 9.17) is 9.15 Å². The number of nitrogens with zero attached hydrogens (tertiary/aromatic N) is 1. The number of amides is 1. The molecule has 0 aliphatic rings. The van der Waals surface area contributed by atoms with Gasteiger partial charge in [-0.3, -0.25) is 10.1 Å². The normalized spacial score (nSPS) is 10.9. The fourth-order valence-electron chi connectivity index (χ4n) is 1.98. The number of rotatable bonds is 5. The van der Waals surface area contributed by atoms with Crippen molar-refractivity contribution in [1.29, 1.82) is 0 Å². The first-order valence-electron chi connectivity index (χ1n) is 6.98. The molecule has 3 aromatic rings. The average Bonchev–Trinajstić information content (AvgIpc) is 3.24. The maximum atomic E-state index is 11.9. The molecule has 7 heteroatoms. The van der Waals surface area contributed by atoms with Gasteiger partial charge in [0.25, 0.3) is 0 Å². The molecule has 0 atom stereocenters. The van der Waals surface area contributed by atoms with Crippen LogP contribution in [0.3, 0.4) is 0 Å². The van der Waals surface area contributed by atoms with Crippen LogP contribution in [0.15, 0.2) is 56.9 Å². The number of furan rings is 1. The molecule has 0 saturated carbocycles. The van der Waals surface area contributed by atoms with E-state index < -0.39 is 0 Å². The summed E-state index contributed by atoms with van der Waals surface area (Å²) < 4.78 is 11.2. The molecule has 2 heterocycles. The highest BCUT2D eigenvalue weighted by Crippen LogP contribution is 2.32. The third-order valence-corrected chi connectivity index (χ3v) is 4.50. The van der Waals surface area contributed by atoms with Crippen molar-refractivity contribution in [3.05, 3.63) is 58.3 Å². The van der Waals surface area contributed by atoms with Crippen LogP contribution in [-0.2, 0) is 4.79 Å². The molecule has 1 N–H and O–H groups in total. The Labute approximate surface area is 151 Å². The number of hydrogen-bond donors (Lipinski definition) is 1. The zero-order valence-corrected chi connectivity index (χ0v) is 15.1. The number of thiazole rings is 1. The topological polar surface area (TPSA) is 64.4 Å². The van der Waals surface area contributed by atoms with E-state index in [9.17, 15) is 4.79 Å². The molecule has 24 heavy (non-hydrogen) atoms. The summed E-state index contributed by atoms with van der Waals surface area (Å²) in [6, 6.07) is 9.24. The summed E-state index contributed by atoms with van der Waals surface area (Å²) in [7, 11) is 1.62. The van der Waals surface area contributed by atoms with Gasteiger partial charge in [-0.1, -0.05) is 0 Å². The fourth-order valence-corrected chi connectivity index (χ4v) is 3.24.